The van der Waals surface area contributed by atoms with Gasteiger partial charge in [0.15, 0.2) is 11.6 Å². The molecule has 0 aliphatic carbocycles. The van der Waals surface area contributed by atoms with E-state index in [1.54, 1.807) is 0 Å². The summed E-state index contributed by atoms with van der Waals surface area (Å²) in [7, 11) is 0. The second-order valence-corrected chi connectivity index (χ2v) is 3.87. The van der Waals surface area contributed by atoms with E-state index in [1.165, 1.54) is 0 Å². The van der Waals surface area contributed by atoms with Gasteiger partial charge in [-0.2, -0.15) is 0 Å². The summed E-state index contributed by atoms with van der Waals surface area (Å²) < 4.78 is 25.6. The number of hydrogen-bond acceptors (Lipinski definition) is 2. The van der Waals surface area contributed by atoms with Crippen LogP contribution in [0.1, 0.15) is 19.8 Å². The fourth-order valence-corrected chi connectivity index (χ4v) is 1.46. The molecule has 5 heteroatoms. The van der Waals surface area contributed by atoms with Crippen LogP contribution in [0.2, 0.25) is 0 Å². The highest BCUT2D eigenvalue weighted by molar-refractivity contribution is 6.20. The molecule has 0 aliphatic rings. The van der Waals surface area contributed by atoms with Gasteiger partial charge in [-0.15, -0.1) is 11.6 Å². The summed E-state index contributed by atoms with van der Waals surface area (Å²) in [5.41, 5.74) is 0. The number of pyridine rings is 1. The second-order valence-electron chi connectivity index (χ2n) is 3.25. The van der Waals surface area contributed by atoms with Gasteiger partial charge < -0.3 is 5.32 Å². The highest BCUT2D eigenvalue weighted by Gasteiger charge is 2.07. The van der Waals surface area contributed by atoms with Gasteiger partial charge in [0.2, 0.25) is 0 Å². The van der Waals surface area contributed by atoms with E-state index in [-0.39, 0.29) is 11.2 Å². The quantitative estimate of drug-likeness (QED) is 0.792. The van der Waals surface area contributed by atoms with Crippen molar-refractivity contribution >= 4 is 17.4 Å². The van der Waals surface area contributed by atoms with Crippen molar-refractivity contribution in [1.82, 2.24) is 4.98 Å². The van der Waals surface area contributed by atoms with Gasteiger partial charge in [-0.05, 0) is 6.42 Å². The van der Waals surface area contributed by atoms with Crippen LogP contribution in [0.3, 0.4) is 0 Å². The number of halogens is 3. The Balaban J connectivity index is 2.50. The van der Waals surface area contributed by atoms with Crippen molar-refractivity contribution in [3.8, 4) is 0 Å². The number of nitrogens with zero attached hydrogens (tertiary/aromatic N) is 1. The molecule has 1 aromatic heterocycles. The standard InChI is InChI=1S/C10H13ClF2N2/c1-2-3-7(11)5-14-10-9(13)4-8(12)6-15-10/h4,6-7H,2-3,5H2,1H3,(H,14,15). The smallest absolute Gasteiger partial charge is 0.168 e. The molecule has 1 rings (SSSR count). The summed E-state index contributed by atoms with van der Waals surface area (Å²) in [6, 6.07) is 0.790. The zero-order valence-corrected chi connectivity index (χ0v) is 9.19. The van der Waals surface area contributed by atoms with E-state index in [1.807, 2.05) is 6.92 Å². The van der Waals surface area contributed by atoms with Crippen molar-refractivity contribution in [1.29, 1.82) is 0 Å². The SMILES string of the molecule is CCCC(Cl)CNc1ncc(F)cc1F. The predicted molar refractivity (Wildman–Crippen MR) is 57.2 cm³/mol. The fourth-order valence-electron chi connectivity index (χ4n) is 1.17. The third-order valence-corrected chi connectivity index (χ3v) is 2.27. The van der Waals surface area contributed by atoms with Crippen LogP contribution in [-0.2, 0) is 0 Å². The lowest BCUT2D eigenvalue weighted by molar-refractivity contribution is 0.575. The molecule has 1 heterocycles. The van der Waals surface area contributed by atoms with Gasteiger partial charge in [-0.1, -0.05) is 13.3 Å². The van der Waals surface area contributed by atoms with Crippen LogP contribution in [0.4, 0.5) is 14.6 Å². The number of rotatable bonds is 5. The first-order valence-electron chi connectivity index (χ1n) is 4.82. The van der Waals surface area contributed by atoms with Crippen LogP contribution < -0.4 is 5.32 Å². The minimum Gasteiger partial charge on any atom is -0.366 e. The molecule has 2 nitrogen and oxygen atoms in total. The molecule has 1 atom stereocenters. The summed E-state index contributed by atoms with van der Waals surface area (Å²) in [6.45, 7) is 2.44. The van der Waals surface area contributed by atoms with Gasteiger partial charge in [0.1, 0.15) is 5.82 Å². The summed E-state index contributed by atoms with van der Waals surface area (Å²) in [4.78, 5) is 3.59. The van der Waals surface area contributed by atoms with Gasteiger partial charge in [-0.3, -0.25) is 0 Å². The number of nitrogens with one attached hydrogen (secondary N) is 1. The van der Waals surface area contributed by atoms with Crippen molar-refractivity contribution in [2.75, 3.05) is 11.9 Å². The fraction of sp³-hybridized carbons (Fsp3) is 0.500. The van der Waals surface area contributed by atoms with Crippen LogP contribution in [0.5, 0.6) is 0 Å². The Hall–Kier alpha value is -0.900. The molecule has 1 N–H and O–H groups in total. The van der Waals surface area contributed by atoms with Crippen LogP contribution in [-0.4, -0.2) is 16.9 Å². The van der Waals surface area contributed by atoms with E-state index in [0.717, 1.165) is 25.1 Å². The third kappa shape index (κ3) is 4.00. The van der Waals surface area contributed by atoms with Gasteiger partial charge in [0.05, 0.1) is 11.6 Å². The van der Waals surface area contributed by atoms with E-state index < -0.39 is 11.6 Å². The topological polar surface area (TPSA) is 24.9 Å². The first-order valence-corrected chi connectivity index (χ1v) is 5.26. The molecule has 0 spiro atoms. The summed E-state index contributed by atoms with van der Waals surface area (Å²) in [6.07, 6.45) is 2.78. The van der Waals surface area contributed by atoms with Crippen LogP contribution >= 0.6 is 11.6 Å². The Morgan fingerprint density at radius 1 is 1.53 bits per heavy atom. The summed E-state index contributed by atoms with van der Waals surface area (Å²) >= 11 is 5.93. The maximum Gasteiger partial charge on any atom is 0.168 e. The maximum atomic E-state index is 13.1. The van der Waals surface area contributed by atoms with Crippen molar-refractivity contribution in [2.45, 2.75) is 25.1 Å². The minimum absolute atomic E-state index is 0.0400. The molecule has 0 saturated carbocycles. The lowest BCUT2D eigenvalue weighted by Gasteiger charge is -2.10. The Labute approximate surface area is 92.7 Å². The molecule has 84 valence electrons. The van der Waals surface area contributed by atoms with Gasteiger partial charge in [0, 0.05) is 12.6 Å². The zero-order valence-electron chi connectivity index (χ0n) is 8.43. The van der Waals surface area contributed by atoms with Crippen molar-refractivity contribution in [3.63, 3.8) is 0 Å². The predicted octanol–water partition coefficient (Wildman–Crippen LogP) is 3.18. The number of aromatic nitrogens is 1. The van der Waals surface area contributed by atoms with E-state index in [4.69, 9.17) is 11.6 Å². The molecule has 0 bridgehead atoms. The monoisotopic (exact) mass is 234 g/mol. The van der Waals surface area contributed by atoms with Crippen molar-refractivity contribution in [2.24, 2.45) is 0 Å². The van der Waals surface area contributed by atoms with E-state index >= 15 is 0 Å². The van der Waals surface area contributed by atoms with Crippen molar-refractivity contribution in [3.05, 3.63) is 23.9 Å². The van der Waals surface area contributed by atoms with Gasteiger partial charge in [-0.25, -0.2) is 13.8 Å². The average Bonchev–Trinajstić information content (AvgIpc) is 2.17. The molecule has 0 radical (unpaired) electrons. The summed E-state index contributed by atoms with van der Waals surface area (Å²) in [5.74, 6) is -1.34. The zero-order chi connectivity index (χ0) is 11.3. The first kappa shape index (κ1) is 12.2. The Kier molecular flexibility index (Phi) is 4.75. The lowest BCUT2D eigenvalue weighted by atomic mass is 10.2. The van der Waals surface area contributed by atoms with E-state index in [2.05, 4.69) is 10.3 Å². The molecule has 0 fully saturated rings. The minimum atomic E-state index is -0.699. The first-order chi connectivity index (χ1) is 7.13. The van der Waals surface area contributed by atoms with E-state index in [0.29, 0.717) is 6.54 Å². The third-order valence-electron chi connectivity index (χ3n) is 1.90. The molecule has 0 amide bonds. The highest BCUT2D eigenvalue weighted by Crippen LogP contribution is 2.12. The number of alkyl halides is 1. The Morgan fingerprint density at radius 2 is 2.27 bits per heavy atom. The molecular formula is C10H13ClF2N2. The molecule has 0 saturated heterocycles. The largest absolute Gasteiger partial charge is 0.366 e. The molecule has 1 aromatic rings. The average molecular weight is 235 g/mol. The van der Waals surface area contributed by atoms with Crippen LogP contribution in [0.15, 0.2) is 12.3 Å². The summed E-state index contributed by atoms with van der Waals surface area (Å²) in [5, 5.41) is 2.67. The number of hydrogen-bond donors (Lipinski definition) is 1. The molecule has 15 heavy (non-hydrogen) atoms. The molecule has 0 aromatic carbocycles. The van der Waals surface area contributed by atoms with Crippen LogP contribution in [0, 0.1) is 11.6 Å². The van der Waals surface area contributed by atoms with Gasteiger partial charge >= 0.3 is 0 Å². The maximum absolute atomic E-state index is 13.1. The second kappa shape index (κ2) is 5.85. The number of anilines is 1. The molecular weight excluding hydrogens is 222 g/mol. The Morgan fingerprint density at radius 3 is 2.87 bits per heavy atom. The molecule has 1 unspecified atom stereocenters. The van der Waals surface area contributed by atoms with Crippen molar-refractivity contribution < 1.29 is 8.78 Å². The molecule has 0 aliphatic heterocycles. The normalized spacial score (nSPS) is 12.5. The lowest BCUT2D eigenvalue weighted by Crippen LogP contribution is -2.15. The van der Waals surface area contributed by atoms with Gasteiger partial charge in [0.25, 0.3) is 0 Å². The van der Waals surface area contributed by atoms with Crippen LogP contribution in [0.25, 0.3) is 0 Å². The van der Waals surface area contributed by atoms with E-state index in [9.17, 15) is 8.78 Å². The Bertz CT molecular complexity index is 320. The highest BCUT2D eigenvalue weighted by atomic mass is 35.5.